The Hall–Kier alpha value is -3.60. The van der Waals surface area contributed by atoms with E-state index in [0.29, 0.717) is 19.1 Å². The molecule has 0 saturated heterocycles. The van der Waals surface area contributed by atoms with Crippen molar-refractivity contribution < 1.29 is 18.7 Å². The van der Waals surface area contributed by atoms with Gasteiger partial charge in [0.05, 0.1) is 6.61 Å². The number of rotatable bonds is 8. The molecule has 0 unspecified atom stereocenters. The zero-order valence-electron chi connectivity index (χ0n) is 17.4. The third-order valence-corrected chi connectivity index (χ3v) is 4.33. The quantitative estimate of drug-likeness (QED) is 0.272. The van der Waals surface area contributed by atoms with Gasteiger partial charge in [-0.2, -0.15) is 0 Å². The maximum atomic E-state index is 11.4. The van der Waals surface area contributed by atoms with Gasteiger partial charge in [-0.15, -0.1) is 0 Å². The lowest BCUT2D eigenvalue weighted by atomic mass is 10.0. The number of hydrogen-bond acceptors (Lipinski definition) is 5. The highest BCUT2D eigenvalue weighted by Gasteiger charge is 2.08. The Bertz CT molecular complexity index is 1050. The Morgan fingerprint density at radius 1 is 1.17 bits per heavy atom. The van der Waals surface area contributed by atoms with Crippen LogP contribution in [-0.2, 0) is 16.1 Å². The number of benzene rings is 2. The third-order valence-electron chi connectivity index (χ3n) is 4.33. The number of ether oxygens (including phenoxy) is 2. The number of allylic oxidation sites excluding steroid dienone is 3. The first-order valence-electron chi connectivity index (χ1n) is 9.81. The van der Waals surface area contributed by atoms with Crippen molar-refractivity contribution in [2.24, 2.45) is 0 Å². The summed E-state index contributed by atoms with van der Waals surface area (Å²) in [4.78, 5) is 15.9. The zero-order chi connectivity index (χ0) is 21.3. The van der Waals surface area contributed by atoms with Crippen LogP contribution in [0.3, 0.4) is 0 Å². The predicted molar refractivity (Wildman–Crippen MR) is 117 cm³/mol. The molecule has 0 radical (unpaired) electrons. The minimum atomic E-state index is -0.350. The van der Waals surface area contributed by atoms with Gasteiger partial charge in [0.2, 0.25) is 5.89 Å². The van der Waals surface area contributed by atoms with Crippen LogP contribution in [0.2, 0.25) is 0 Å². The van der Waals surface area contributed by atoms with Crippen molar-refractivity contribution in [2.75, 3.05) is 6.61 Å². The van der Waals surface area contributed by atoms with Crippen LogP contribution in [-0.4, -0.2) is 17.6 Å². The number of nitrogens with zero attached hydrogens (tertiary/aromatic N) is 1. The molecule has 2 aromatic carbocycles. The summed E-state index contributed by atoms with van der Waals surface area (Å²) in [6.07, 6.45) is 6.59. The van der Waals surface area contributed by atoms with Crippen molar-refractivity contribution in [3.05, 3.63) is 89.8 Å². The van der Waals surface area contributed by atoms with E-state index in [0.717, 1.165) is 33.7 Å². The Balaban J connectivity index is 1.67. The van der Waals surface area contributed by atoms with Crippen LogP contribution < -0.4 is 4.74 Å². The SMILES string of the molecule is CCOC(=O)C=CC=C(C)c1cc(C)cc(OCc2coc(-c3ccccc3)n2)c1. The molecule has 1 aromatic heterocycles. The highest BCUT2D eigenvalue weighted by Crippen LogP contribution is 2.24. The summed E-state index contributed by atoms with van der Waals surface area (Å²) < 4.78 is 16.4. The van der Waals surface area contributed by atoms with Gasteiger partial charge in [-0.25, -0.2) is 9.78 Å². The van der Waals surface area contributed by atoms with E-state index in [1.807, 2.05) is 62.4 Å². The average molecular weight is 403 g/mol. The van der Waals surface area contributed by atoms with E-state index < -0.39 is 0 Å². The van der Waals surface area contributed by atoms with Gasteiger partial charge in [0.25, 0.3) is 0 Å². The van der Waals surface area contributed by atoms with E-state index >= 15 is 0 Å². The standard InChI is InChI=1S/C25H25NO4/c1-4-28-24(27)12-8-9-19(3)21-13-18(2)14-23(15-21)29-16-22-17-30-25(26-22)20-10-6-5-7-11-20/h5-15,17H,4,16H2,1-3H3. The van der Waals surface area contributed by atoms with Gasteiger partial charge in [0, 0.05) is 11.6 Å². The molecule has 0 aliphatic carbocycles. The van der Waals surface area contributed by atoms with Gasteiger partial charge >= 0.3 is 5.97 Å². The summed E-state index contributed by atoms with van der Waals surface area (Å²) >= 11 is 0. The van der Waals surface area contributed by atoms with Crippen molar-refractivity contribution >= 4 is 11.5 Å². The monoisotopic (exact) mass is 403 g/mol. The molecule has 0 aliphatic rings. The van der Waals surface area contributed by atoms with Crippen molar-refractivity contribution in [1.82, 2.24) is 4.98 Å². The van der Waals surface area contributed by atoms with E-state index in [4.69, 9.17) is 13.9 Å². The molecule has 0 fully saturated rings. The number of oxazole rings is 1. The fourth-order valence-electron chi connectivity index (χ4n) is 2.86. The molecule has 0 spiro atoms. The number of aryl methyl sites for hydroxylation is 1. The summed E-state index contributed by atoms with van der Waals surface area (Å²) in [5.41, 5.74) is 4.76. The maximum absolute atomic E-state index is 11.4. The minimum Gasteiger partial charge on any atom is -0.487 e. The third kappa shape index (κ3) is 5.95. The van der Waals surface area contributed by atoms with E-state index in [1.165, 1.54) is 6.08 Å². The van der Waals surface area contributed by atoms with E-state index in [1.54, 1.807) is 19.3 Å². The highest BCUT2D eigenvalue weighted by atomic mass is 16.5. The van der Waals surface area contributed by atoms with Gasteiger partial charge in [-0.3, -0.25) is 0 Å². The van der Waals surface area contributed by atoms with Gasteiger partial charge in [-0.05, 0) is 61.7 Å². The van der Waals surface area contributed by atoms with Crippen LogP contribution in [0.5, 0.6) is 5.75 Å². The average Bonchev–Trinajstić information content (AvgIpc) is 3.22. The van der Waals surface area contributed by atoms with Crippen LogP contribution >= 0.6 is 0 Å². The molecule has 0 atom stereocenters. The molecule has 0 amide bonds. The Morgan fingerprint density at radius 2 is 1.97 bits per heavy atom. The molecule has 0 aliphatic heterocycles. The van der Waals surface area contributed by atoms with E-state index in [9.17, 15) is 4.79 Å². The highest BCUT2D eigenvalue weighted by molar-refractivity contribution is 5.82. The predicted octanol–water partition coefficient (Wildman–Crippen LogP) is 5.75. The van der Waals surface area contributed by atoms with Crippen LogP contribution in [0, 0.1) is 6.92 Å². The Labute approximate surface area is 176 Å². The zero-order valence-corrected chi connectivity index (χ0v) is 17.4. The smallest absolute Gasteiger partial charge is 0.330 e. The Morgan fingerprint density at radius 3 is 2.73 bits per heavy atom. The van der Waals surface area contributed by atoms with Crippen LogP contribution in [0.4, 0.5) is 0 Å². The van der Waals surface area contributed by atoms with Crippen LogP contribution in [0.15, 0.2) is 77.4 Å². The van der Waals surface area contributed by atoms with Crippen molar-refractivity contribution in [2.45, 2.75) is 27.4 Å². The first kappa shape index (κ1) is 21.1. The molecular weight excluding hydrogens is 378 g/mol. The molecule has 5 nitrogen and oxygen atoms in total. The van der Waals surface area contributed by atoms with Gasteiger partial charge in [0.1, 0.15) is 24.3 Å². The fraction of sp³-hybridized carbons (Fsp3) is 0.200. The second-order valence-corrected chi connectivity index (χ2v) is 6.79. The van der Waals surface area contributed by atoms with Gasteiger partial charge < -0.3 is 13.9 Å². The topological polar surface area (TPSA) is 61.6 Å². The summed E-state index contributed by atoms with van der Waals surface area (Å²) in [7, 11) is 0. The van der Waals surface area contributed by atoms with Gasteiger partial charge in [-0.1, -0.05) is 36.4 Å². The molecule has 0 N–H and O–H groups in total. The summed E-state index contributed by atoms with van der Waals surface area (Å²) in [6, 6.07) is 15.8. The van der Waals surface area contributed by atoms with Crippen molar-refractivity contribution in [1.29, 1.82) is 0 Å². The van der Waals surface area contributed by atoms with Crippen LogP contribution in [0.25, 0.3) is 17.0 Å². The van der Waals surface area contributed by atoms with Gasteiger partial charge in [0.15, 0.2) is 0 Å². The number of aromatic nitrogens is 1. The second kappa shape index (κ2) is 10.3. The first-order valence-corrected chi connectivity index (χ1v) is 9.81. The summed E-state index contributed by atoms with van der Waals surface area (Å²) in [5.74, 6) is 0.972. The lowest BCUT2D eigenvalue weighted by Crippen LogP contribution is -1.98. The van der Waals surface area contributed by atoms with Crippen molar-refractivity contribution in [3.63, 3.8) is 0 Å². The molecule has 30 heavy (non-hydrogen) atoms. The van der Waals surface area contributed by atoms with E-state index in [-0.39, 0.29) is 5.97 Å². The molecule has 0 bridgehead atoms. The fourth-order valence-corrected chi connectivity index (χ4v) is 2.86. The number of hydrogen-bond donors (Lipinski definition) is 0. The molecule has 1 heterocycles. The molecule has 3 rings (SSSR count). The molecule has 3 aromatic rings. The lowest BCUT2D eigenvalue weighted by Gasteiger charge is -2.09. The molecule has 5 heteroatoms. The molecular formula is C25H25NO4. The molecule has 154 valence electrons. The van der Waals surface area contributed by atoms with Crippen molar-refractivity contribution in [3.8, 4) is 17.2 Å². The summed E-state index contributed by atoms with van der Waals surface area (Å²) in [6.45, 7) is 6.45. The Kier molecular flexibility index (Phi) is 7.22. The van der Waals surface area contributed by atoms with Crippen LogP contribution in [0.1, 0.15) is 30.7 Å². The minimum absolute atomic E-state index is 0.310. The first-order chi connectivity index (χ1) is 14.5. The number of carbonyl (C=O) groups is 1. The molecule has 0 saturated carbocycles. The normalized spacial score (nSPS) is 11.6. The van der Waals surface area contributed by atoms with E-state index in [2.05, 4.69) is 11.1 Å². The lowest BCUT2D eigenvalue weighted by molar-refractivity contribution is -0.137. The largest absolute Gasteiger partial charge is 0.487 e. The number of esters is 1. The summed E-state index contributed by atoms with van der Waals surface area (Å²) in [5, 5.41) is 0. The second-order valence-electron chi connectivity index (χ2n) is 6.79. The maximum Gasteiger partial charge on any atom is 0.330 e. The number of carbonyl (C=O) groups excluding carboxylic acids is 1.